The van der Waals surface area contributed by atoms with Crippen LogP contribution in [0.2, 0.25) is 0 Å². The molecule has 1 fully saturated rings. The van der Waals surface area contributed by atoms with Gasteiger partial charge >= 0.3 is 6.03 Å². The third-order valence-electron chi connectivity index (χ3n) is 2.89. The van der Waals surface area contributed by atoms with E-state index in [1.165, 1.54) is 12.8 Å². The monoisotopic (exact) mass is 264 g/mol. The van der Waals surface area contributed by atoms with E-state index >= 15 is 0 Å². The van der Waals surface area contributed by atoms with Crippen LogP contribution in [-0.4, -0.2) is 35.4 Å². The van der Waals surface area contributed by atoms with E-state index in [2.05, 4.69) is 16.9 Å². The molecule has 6 heteroatoms. The molecule has 1 rings (SSSR count). The minimum absolute atomic E-state index is 0.154. The summed E-state index contributed by atoms with van der Waals surface area (Å²) in [6.07, 6.45) is 6.74. The lowest BCUT2D eigenvalue weighted by Gasteiger charge is -2.26. The van der Waals surface area contributed by atoms with Gasteiger partial charge in [-0.1, -0.05) is 12.8 Å². The first-order valence-electron chi connectivity index (χ1n) is 5.31. The molecule has 0 radical (unpaired) electrons. The van der Waals surface area contributed by atoms with Crippen LogP contribution in [0.5, 0.6) is 0 Å². The van der Waals surface area contributed by atoms with E-state index in [1.807, 2.05) is 0 Å². The predicted molar refractivity (Wildman–Crippen MR) is 67.0 cm³/mol. The van der Waals surface area contributed by atoms with Gasteiger partial charge in [-0.3, -0.25) is 10.1 Å². The van der Waals surface area contributed by atoms with Crippen molar-refractivity contribution in [2.75, 3.05) is 18.7 Å². The molecule has 0 bridgehead atoms. The SMILES string of the molecule is CSC1(CNC(=O)NC(=O)CCl)CCCC1. The summed E-state index contributed by atoms with van der Waals surface area (Å²) < 4.78 is 0.154. The molecule has 0 saturated heterocycles. The maximum atomic E-state index is 11.3. The highest BCUT2D eigenvalue weighted by atomic mass is 35.5. The second-order valence-corrected chi connectivity index (χ2v) is 5.50. The Morgan fingerprint density at radius 1 is 1.38 bits per heavy atom. The average molecular weight is 265 g/mol. The van der Waals surface area contributed by atoms with Crippen molar-refractivity contribution in [1.29, 1.82) is 0 Å². The van der Waals surface area contributed by atoms with Crippen molar-refractivity contribution in [2.45, 2.75) is 30.4 Å². The molecule has 4 nitrogen and oxygen atoms in total. The zero-order valence-electron chi connectivity index (χ0n) is 9.35. The lowest BCUT2D eigenvalue weighted by Crippen LogP contribution is -2.45. The quantitative estimate of drug-likeness (QED) is 0.761. The van der Waals surface area contributed by atoms with Crippen molar-refractivity contribution in [3.8, 4) is 0 Å². The summed E-state index contributed by atoms with van der Waals surface area (Å²) in [7, 11) is 0. The summed E-state index contributed by atoms with van der Waals surface area (Å²) in [5.74, 6) is -0.662. The molecule has 1 saturated carbocycles. The Labute approximate surface area is 105 Å². The molecule has 0 aromatic rings. The van der Waals surface area contributed by atoms with Gasteiger partial charge in [0.1, 0.15) is 5.88 Å². The van der Waals surface area contributed by atoms with Crippen LogP contribution in [0.15, 0.2) is 0 Å². The standard InChI is InChI=1S/C10H17ClN2O2S/c1-16-10(4-2-3-5-10)7-12-9(15)13-8(14)6-11/h2-7H2,1H3,(H2,12,13,14,15). The molecule has 92 valence electrons. The van der Waals surface area contributed by atoms with Gasteiger partial charge in [-0.2, -0.15) is 11.8 Å². The summed E-state index contributed by atoms with van der Waals surface area (Å²) in [5, 5.41) is 4.90. The topological polar surface area (TPSA) is 58.2 Å². The lowest BCUT2D eigenvalue weighted by molar-refractivity contribution is -0.117. The first-order chi connectivity index (χ1) is 7.62. The Hall–Kier alpha value is -0.420. The van der Waals surface area contributed by atoms with Crippen molar-refractivity contribution in [3.05, 3.63) is 0 Å². The fourth-order valence-electron chi connectivity index (χ4n) is 1.92. The highest BCUT2D eigenvalue weighted by Gasteiger charge is 2.33. The van der Waals surface area contributed by atoms with Crippen molar-refractivity contribution in [3.63, 3.8) is 0 Å². The largest absolute Gasteiger partial charge is 0.336 e. The number of rotatable bonds is 4. The number of amides is 3. The molecule has 1 aliphatic carbocycles. The Balaban J connectivity index is 2.32. The molecule has 3 amide bonds. The molecule has 2 N–H and O–H groups in total. The second kappa shape index (κ2) is 6.35. The number of alkyl halides is 1. The molecule has 1 aliphatic rings. The minimum atomic E-state index is -0.469. The van der Waals surface area contributed by atoms with Gasteiger partial charge < -0.3 is 5.32 Å². The summed E-state index contributed by atoms with van der Waals surface area (Å²) in [6.45, 7) is 0.607. The van der Waals surface area contributed by atoms with E-state index in [0.717, 1.165) is 12.8 Å². The summed E-state index contributed by atoms with van der Waals surface area (Å²) in [5.41, 5.74) is 0. The minimum Gasteiger partial charge on any atom is -0.336 e. The van der Waals surface area contributed by atoms with Gasteiger partial charge in [0.25, 0.3) is 0 Å². The van der Waals surface area contributed by atoms with Gasteiger partial charge in [0, 0.05) is 11.3 Å². The van der Waals surface area contributed by atoms with Gasteiger partial charge in [-0.25, -0.2) is 4.79 Å². The normalized spacial score (nSPS) is 18.1. The zero-order valence-corrected chi connectivity index (χ0v) is 10.9. The molecule has 0 aromatic carbocycles. The number of carbonyl (C=O) groups excluding carboxylic acids is 2. The first-order valence-corrected chi connectivity index (χ1v) is 7.06. The van der Waals surface area contributed by atoms with Crippen LogP contribution in [0, 0.1) is 0 Å². The number of imide groups is 1. The van der Waals surface area contributed by atoms with Gasteiger partial charge in [0.05, 0.1) is 0 Å². The molecule has 0 spiro atoms. The smallest absolute Gasteiger partial charge is 0.321 e. The Morgan fingerprint density at radius 2 is 2.00 bits per heavy atom. The van der Waals surface area contributed by atoms with Crippen LogP contribution in [0.4, 0.5) is 4.79 Å². The van der Waals surface area contributed by atoms with E-state index in [4.69, 9.17) is 11.6 Å². The molecule has 0 atom stereocenters. The zero-order chi connectivity index (χ0) is 12.0. The molecule has 0 unspecified atom stereocenters. The number of thioether (sulfide) groups is 1. The van der Waals surface area contributed by atoms with E-state index in [-0.39, 0.29) is 10.6 Å². The highest BCUT2D eigenvalue weighted by Crippen LogP contribution is 2.39. The molecule has 0 aromatic heterocycles. The van der Waals surface area contributed by atoms with Crippen LogP contribution in [0.25, 0.3) is 0 Å². The van der Waals surface area contributed by atoms with Crippen LogP contribution >= 0.6 is 23.4 Å². The number of carbonyl (C=O) groups is 2. The maximum absolute atomic E-state index is 11.3. The molecule has 0 heterocycles. The van der Waals surface area contributed by atoms with Gasteiger partial charge in [0.15, 0.2) is 0 Å². The molecule has 0 aliphatic heterocycles. The van der Waals surface area contributed by atoms with E-state index in [0.29, 0.717) is 6.54 Å². The van der Waals surface area contributed by atoms with Crippen LogP contribution in [0.3, 0.4) is 0 Å². The Morgan fingerprint density at radius 3 is 2.50 bits per heavy atom. The molecular weight excluding hydrogens is 248 g/mol. The number of hydrogen-bond donors (Lipinski definition) is 2. The Kier molecular flexibility index (Phi) is 5.41. The molecule has 16 heavy (non-hydrogen) atoms. The van der Waals surface area contributed by atoms with E-state index in [9.17, 15) is 9.59 Å². The van der Waals surface area contributed by atoms with Crippen molar-refractivity contribution < 1.29 is 9.59 Å². The van der Waals surface area contributed by atoms with Gasteiger partial charge in [0.2, 0.25) is 5.91 Å². The maximum Gasteiger partial charge on any atom is 0.321 e. The van der Waals surface area contributed by atoms with Gasteiger partial charge in [-0.05, 0) is 19.1 Å². The number of nitrogens with one attached hydrogen (secondary N) is 2. The van der Waals surface area contributed by atoms with Crippen molar-refractivity contribution >= 4 is 35.3 Å². The summed E-state index contributed by atoms with van der Waals surface area (Å²) in [6, 6.07) is -0.453. The fourth-order valence-corrected chi connectivity index (χ4v) is 2.90. The molecular formula is C10H17ClN2O2S. The van der Waals surface area contributed by atoms with E-state index in [1.54, 1.807) is 11.8 Å². The number of urea groups is 1. The lowest BCUT2D eigenvalue weighted by atomic mass is 10.1. The number of halogens is 1. The summed E-state index contributed by atoms with van der Waals surface area (Å²) >= 11 is 7.07. The van der Waals surface area contributed by atoms with Gasteiger partial charge in [-0.15, -0.1) is 11.6 Å². The van der Waals surface area contributed by atoms with Crippen molar-refractivity contribution in [2.24, 2.45) is 0 Å². The second-order valence-electron chi connectivity index (χ2n) is 3.96. The van der Waals surface area contributed by atoms with Crippen LogP contribution in [-0.2, 0) is 4.79 Å². The van der Waals surface area contributed by atoms with Crippen LogP contribution < -0.4 is 10.6 Å². The third-order valence-corrected chi connectivity index (χ3v) is 4.55. The predicted octanol–water partition coefficient (Wildman–Crippen LogP) is 1.73. The first kappa shape index (κ1) is 13.6. The van der Waals surface area contributed by atoms with Crippen molar-refractivity contribution in [1.82, 2.24) is 10.6 Å². The Bertz CT molecular complexity index is 268. The van der Waals surface area contributed by atoms with E-state index < -0.39 is 11.9 Å². The third kappa shape index (κ3) is 3.87. The summed E-state index contributed by atoms with van der Waals surface area (Å²) in [4.78, 5) is 22.2. The number of hydrogen-bond acceptors (Lipinski definition) is 3. The highest BCUT2D eigenvalue weighted by molar-refractivity contribution is 8.00. The average Bonchev–Trinajstić information content (AvgIpc) is 2.75. The van der Waals surface area contributed by atoms with Crippen LogP contribution in [0.1, 0.15) is 25.7 Å². The fraction of sp³-hybridized carbons (Fsp3) is 0.800.